The van der Waals surface area contributed by atoms with E-state index in [-0.39, 0.29) is 36.3 Å². The third-order valence-electron chi connectivity index (χ3n) is 7.35. The Kier molecular flexibility index (Phi) is 8.85. The van der Waals surface area contributed by atoms with Gasteiger partial charge in [-0.1, -0.05) is 6.92 Å². The van der Waals surface area contributed by atoms with Crippen LogP contribution in [-0.2, 0) is 34.5 Å². The number of fused-ring (bicyclic) bond motifs is 1. The van der Waals surface area contributed by atoms with Gasteiger partial charge in [0, 0.05) is 12.6 Å². The summed E-state index contributed by atoms with van der Waals surface area (Å²) in [5.41, 5.74) is -5.15. The summed E-state index contributed by atoms with van der Waals surface area (Å²) in [6, 6.07) is 1.33. The smallest absolute Gasteiger partial charge is 0.416 e. The number of carbonyl (C=O) groups excluding carboxylic acids is 2. The Bertz CT molecular complexity index is 1320. The van der Waals surface area contributed by atoms with E-state index in [0.29, 0.717) is 37.5 Å². The fourth-order valence-electron chi connectivity index (χ4n) is 5.26. The highest BCUT2D eigenvalue weighted by molar-refractivity contribution is 5.91. The molecule has 0 aromatic heterocycles. The van der Waals surface area contributed by atoms with Crippen molar-refractivity contribution >= 4 is 17.9 Å². The molecule has 0 spiro atoms. The molecule has 1 saturated carbocycles. The van der Waals surface area contributed by atoms with Crippen molar-refractivity contribution in [2.24, 2.45) is 5.92 Å². The largest absolute Gasteiger partial charge is 0.453 e. The molecule has 0 N–H and O–H groups in total. The molecular formula is C28H27F9N2O4. The molecule has 1 aliphatic heterocycles. The lowest BCUT2D eigenvalue weighted by Gasteiger charge is -2.44. The van der Waals surface area contributed by atoms with Crippen LogP contribution in [0.4, 0.5) is 54.8 Å². The summed E-state index contributed by atoms with van der Waals surface area (Å²) < 4.78 is 133. The van der Waals surface area contributed by atoms with Crippen LogP contribution in [0, 0.1) is 5.92 Å². The molecule has 2 atom stereocenters. The predicted octanol–water partition coefficient (Wildman–Crippen LogP) is 8.59. The number of alkyl halides is 9. The van der Waals surface area contributed by atoms with E-state index in [4.69, 9.17) is 9.47 Å². The lowest BCUT2D eigenvalue weighted by atomic mass is 9.86. The van der Waals surface area contributed by atoms with Crippen LogP contribution in [0.25, 0.3) is 0 Å². The third kappa shape index (κ3) is 7.12. The highest BCUT2D eigenvalue weighted by Gasteiger charge is 2.48. The topological polar surface area (TPSA) is 59.1 Å². The molecule has 43 heavy (non-hydrogen) atoms. The van der Waals surface area contributed by atoms with Gasteiger partial charge in [0.15, 0.2) is 0 Å². The first-order valence-corrected chi connectivity index (χ1v) is 13.3. The Balaban J connectivity index is 1.87. The molecule has 1 heterocycles. The van der Waals surface area contributed by atoms with Gasteiger partial charge in [-0.15, -0.1) is 0 Å². The van der Waals surface area contributed by atoms with Crippen LogP contribution in [0.5, 0.6) is 0 Å². The van der Waals surface area contributed by atoms with Crippen LogP contribution in [0.1, 0.15) is 66.5 Å². The van der Waals surface area contributed by atoms with Crippen LogP contribution in [-0.4, -0.2) is 36.8 Å². The molecule has 0 radical (unpaired) electrons. The standard InChI is InChI=1S/C28H27F9N2O4/c1-3-8-43-25(41)39-21-7-6-17(26(29,30)31)12-20(21)23(13-22(39)16-4-5-16)38(24(40)42-2)14-15-9-18(27(32,33)34)11-19(10-15)28(35,36)37/h6-7,9-12,16,22-23H,3-5,8,13-14H2,1-2H3. The zero-order chi connectivity index (χ0) is 31.9. The van der Waals surface area contributed by atoms with E-state index in [1.165, 1.54) is 4.90 Å². The van der Waals surface area contributed by atoms with Gasteiger partial charge < -0.3 is 9.47 Å². The van der Waals surface area contributed by atoms with Gasteiger partial charge in [-0.05, 0) is 79.1 Å². The van der Waals surface area contributed by atoms with Gasteiger partial charge in [-0.2, -0.15) is 39.5 Å². The van der Waals surface area contributed by atoms with Gasteiger partial charge in [0.1, 0.15) is 0 Å². The second-order valence-corrected chi connectivity index (χ2v) is 10.4. The molecule has 2 aliphatic rings. The molecule has 0 saturated heterocycles. The van der Waals surface area contributed by atoms with Crippen molar-refractivity contribution in [2.45, 2.75) is 69.8 Å². The number of carbonyl (C=O) groups is 2. The number of benzene rings is 2. The Morgan fingerprint density at radius 3 is 1.95 bits per heavy atom. The molecule has 4 rings (SSSR count). The maximum Gasteiger partial charge on any atom is 0.416 e. The molecule has 15 heteroatoms. The number of hydrogen-bond donors (Lipinski definition) is 0. The average Bonchev–Trinajstić information content (AvgIpc) is 3.77. The van der Waals surface area contributed by atoms with E-state index >= 15 is 0 Å². The van der Waals surface area contributed by atoms with Gasteiger partial charge in [0.25, 0.3) is 0 Å². The maximum atomic E-state index is 13.8. The summed E-state index contributed by atoms with van der Waals surface area (Å²) in [6.07, 6.45) is -15.6. The summed E-state index contributed by atoms with van der Waals surface area (Å²) in [5.74, 6) is -0.128. The molecule has 2 amide bonds. The fraction of sp³-hybridized carbons (Fsp3) is 0.500. The minimum absolute atomic E-state index is 0.0174. The highest BCUT2D eigenvalue weighted by atomic mass is 19.4. The van der Waals surface area contributed by atoms with Crippen molar-refractivity contribution in [1.82, 2.24) is 4.90 Å². The van der Waals surface area contributed by atoms with Crippen LogP contribution in [0.2, 0.25) is 0 Å². The quantitative estimate of drug-likeness (QED) is 0.302. The zero-order valence-corrected chi connectivity index (χ0v) is 22.9. The molecular weight excluding hydrogens is 599 g/mol. The monoisotopic (exact) mass is 626 g/mol. The van der Waals surface area contributed by atoms with Crippen LogP contribution < -0.4 is 4.90 Å². The second kappa shape index (κ2) is 11.8. The minimum atomic E-state index is -5.17. The first kappa shape index (κ1) is 32.3. The lowest BCUT2D eigenvalue weighted by Crippen LogP contribution is -2.50. The summed E-state index contributed by atoms with van der Waals surface area (Å²) in [6.45, 7) is 0.906. The van der Waals surface area contributed by atoms with Gasteiger partial charge in [-0.3, -0.25) is 9.80 Å². The van der Waals surface area contributed by atoms with E-state index < -0.39 is 71.6 Å². The Labute approximate surface area is 240 Å². The number of amides is 2. The van der Waals surface area contributed by atoms with Crippen LogP contribution in [0.15, 0.2) is 36.4 Å². The van der Waals surface area contributed by atoms with E-state index in [1.807, 2.05) is 0 Å². The molecule has 0 bridgehead atoms. The van der Waals surface area contributed by atoms with Gasteiger partial charge in [0.2, 0.25) is 0 Å². The Hall–Kier alpha value is -3.65. The van der Waals surface area contributed by atoms with Gasteiger partial charge in [0.05, 0.1) is 42.1 Å². The molecule has 2 unspecified atom stereocenters. The van der Waals surface area contributed by atoms with E-state index in [9.17, 15) is 49.1 Å². The summed E-state index contributed by atoms with van der Waals surface area (Å²) in [7, 11) is 0.922. The molecule has 6 nitrogen and oxygen atoms in total. The summed E-state index contributed by atoms with van der Waals surface area (Å²) >= 11 is 0. The summed E-state index contributed by atoms with van der Waals surface area (Å²) in [4.78, 5) is 28.2. The molecule has 236 valence electrons. The normalized spacial score (nSPS) is 19.1. The zero-order valence-electron chi connectivity index (χ0n) is 22.9. The van der Waals surface area contributed by atoms with Crippen molar-refractivity contribution in [1.29, 1.82) is 0 Å². The number of ether oxygens (including phenoxy) is 2. The van der Waals surface area contributed by atoms with Crippen LogP contribution >= 0.6 is 0 Å². The molecule has 1 fully saturated rings. The average molecular weight is 627 g/mol. The molecule has 2 aromatic rings. The van der Waals surface area contributed by atoms with Crippen LogP contribution in [0.3, 0.4) is 0 Å². The van der Waals surface area contributed by atoms with Crippen molar-refractivity contribution in [3.63, 3.8) is 0 Å². The van der Waals surface area contributed by atoms with Crippen molar-refractivity contribution in [2.75, 3.05) is 18.6 Å². The van der Waals surface area contributed by atoms with Gasteiger partial charge in [-0.25, -0.2) is 9.59 Å². The number of hydrogen-bond acceptors (Lipinski definition) is 4. The number of methoxy groups -OCH3 is 1. The van der Waals surface area contributed by atoms with Crippen molar-refractivity contribution in [3.05, 3.63) is 64.2 Å². The molecule has 1 aliphatic carbocycles. The third-order valence-corrected chi connectivity index (χ3v) is 7.35. The predicted molar refractivity (Wildman–Crippen MR) is 134 cm³/mol. The number of halogens is 9. The first-order chi connectivity index (χ1) is 20.0. The summed E-state index contributed by atoms with van der Waals surface area (Å²) in [5, 5.41) is 0. The fourth-order valence-corrected chi connectivity index (χ4v) is 5.26. The Morgan fingerprint density at radius 2 is 1.47 bits per heavy atom. The SMILES string of the molecule is CCCOC(=O)N1c2ccc(C(F)(F)F)cc2C(N(Cc2cc(C(F)(F)F)cc(C(F)(F)F)c2)C(=O)OC)CC1C1CC1. The second-order valence-electron chi connectivity index (χ2n) is 10.4. The number of nitrogens with zero attached hydrogens (tertiary/aromatic N) is 2. The molecule has 2 aromatic carbocycles. The Morgan fingerprint density at radius 1 is 0.884 bits per heavy atom. The number of rotatable bonds is 6. The van der Waals surface area contributed by atoms with Crippen molar-refractivity contribution < 1.29 is 58.6 Å². The van der Waals surface area contributed by atoms with E-state index in [2.05, 4.69) is 0 Å². The lowest BCUT2D eigenvalue weighted by molar-refractivity contribution is -0.143. The first-order valence-electron chi connectivity index (χ1n) is 13.3. The van der Waals surface area contributed by atoms with Gasteiger partial charge >= 0.3 is 30.7 Å². The number of anilines is 1. The minimum Gasteiger partial charge on any atom is -0.453 e. The highest BCUT2D eigenvalue weighted by Crippen LogP contribution is 2.50. The maximum absolute atomic E-state index is 13.8. The van der Waals surface area contributed by atoms with Crippen molar-refractivity contribution in [3.8, 4) is 0 Å². The van der Waals surface area contributed by atoms with E-state index in [1.54, 1.807) is 6.92 Å². The van der Waals surface area contributed by atoms with E-state index in [0.717, 1.165) is 24.1 Å².